The molecule has 0 aliphatic carbocycles. The van der Waals surface area contributed by atoms with Crippen LogP contribution in [0.4, 0.5) is 36.4 Å². The Hall–Kier alpha value is -3.12. The van der Waals surface area contributed by atoms with Crippen LogP contribution in [0.1, 0.15) is 16.7 Å². The number of alkyl halides is 6. The molecule has 0 amide bonds. The molecular formula is C23H18F7NO3S. The third-order valence-electron chi connectivity index (χ3n) is 5.15. The summed E-state index contributed by atoms with van der Waals surface area (Å²) in [5.41, 5.74) is -5.66. The van der Waals surface area contributed by atoms with Gasteiger partial charge in [-0.1, -0.05) is 54.1 Å². The van der Waals surface area contributed by atoms with Crippen LogP contribution >= 0.6 is 0 Å². The average Bonchev–Trinajstić information content (AvgIpc) is 2.73. The first-order valence-electron chi connectivity index (χ1n) is 9.86. The van der Waals surface area contributed by atoms with Gasteiger partial charge < -0.3 is 5.11 Å². The summed E-state index contributed by atoms with van der Waals surface area (Å²) in [5, 5.41) is 9.42. The van der Waals surface area contributed by atoms with Crippen molar-refractivity contribution in [3.8, 4) is 11.1 Å². The Balaban J connectivity index is 1.83. The fourth-order valence-electron chi connectivity index (χ4n) is 3.30. The summed E-state index contributed by atoms with van der Waals surface area (Å²) in [6.45, 7) is 1.85. The molecule has 3 aromatic rings. The van der Waals surface area contributed by atoms with Gasteiger partial charge in [-0.25, -0.2) is 12.8 Å². The van der Waals surface area contributed by atoms with Gasteiger partial charge in [-0.15, -0.1) is 0 Å². The quantitative estimate of drug-likeness (QED) is 0.388. The summed E-state index contributed by atoms with van der Waals surface area (Å²) in [6, 6.07) is 12.8. The lowest BCUT2D eigenvalue weighted by Crippen LogP contribution is -2.53. The first-order chi connectivity index (χ1) is 16.0. The van der Waals surface area contributed by atoms with Crippen molar-refractivity contribution in [2.24, 2.45) is 0 Å². The fourth-order valence-corrected chi connectivity index (χ4v) is 4.50. The summed E-state index contributed by atoms with van der Waals surface area (Å²) < 4.78 is 120. The highest BCUT2D eigenvalue weighted by atomic mass is 32.2. The second kappa shape index (κ2) is 9.15. The van der Waals surface area contributed by atoms with E-state index in [-0.39, 0.29) is 28.6 Å². The van der Waals surface area contributed by atoms with E-state index in [0.29, 0.717) is 17.7 Å². The van der Waals surface area contributed by atoms with E-state index in [1.54, 1.807) is 24.3 Å². The van der Waals surface area contributed by atoms with Gasteiger partial charge in [-0.3, -0.25) is 4.72 Å². The Morgan fingerprint density at radius 2 is 1.37 bits per heavy atom. The molecule has 188 valence electrons. The third kappa shape index (κ3) is 5.59. The van der Waals surface area contributed by atoms with Crippen LogP contribution in [0.15, 0.2) is 66.7 Å². The Morgan fingerprint density at radius 3 is 1.86 bits per heavy atom. The van der Waals surface area contributed by atoms with Gasteiger partial charge >= 0.3 is 12.4 Å². The van der Waals surface area contributed by atoms with Gasteiger partial charge in [-0.05, 0) is 36.2 Å². The Kier molecular flexibility index (Phi) is 6.93. The Morgan fingerprint density at radius 1 is 0.829 bits per heavy atom. The maximum absolute atomic E-state index is 14.5. The first kappa shape index (κ1) is 26.5. The zero-order chi connectivity index (χ0) is 26.2. The van der Waals surface area contributed by atoms with E-state index in [1.807, 2.05) is 6.92 Å². The van der Waals surface area contributed by atoms with E-state index in [2.05, 4.69) is 4.72 Å². The third-order valence-corrected chi connectivity index (χ3v) is 6.41. The van der Waals surface area contributed by atoms with E-state index >= 15 is 0 Å². The van der Waals surface area contributed by atoms with Crippen LogP contribution in [0.3, 0.4) is 0 Å². The highest BCUT2D eigenvalue weighted by Crippen LogP contribution is 2.50. The van der Waals surface area contributed by atoms with Crippen LogP contribution in [0, 0.1) is 12.7 Å². The number of hydrogen-bond donors (Lipinski definition) is 2. The summed E-state index contributed by atoms with van der Waals surface area (Å²) >= 11 is 0. The lowest BCUT2D eigenvalue weighted by Gasteiger charge is -2.32. The fraction of sp³-hybridized carbons (Fsp3) is 0.217. The molecular weight excluding hydrogens is 503 g/mol. The van der Waals surface area contributed by atoms with Gasteiger partial charge in [-0.2, -0.15) is 26.3 Å². The highest BCUT2D eigenvalue weighted by Gasteiger charge is 2.71. The molecule has 0 aliphatic rings. The van der Waals surface area contributed by atoms with Crippen molar-refractivity contribution in [1.82, 2.24) is 0 Å². The Bertz CT molecular complexity index is 1290. The lowest BCUT2D eigenvalue weighted by atomic mass is 9.90. The molecule has 3 aromatic carbocycles. The Labute approximate surface area is 196 Å². The summed E-state index contributed by atoms with van der Waals surface area (Å²) in [7, 11) is -3.80. The van der Waals surface area contributed by atoms with Crippen LogP contribution in [-0.4, -0.2) is 25.9 Å². The van der Waals surface area contributed by atoms with Crippen LogP contribution < -0.4 is 4.72 Å². The van der Waals surface area contributed by atoms with Gasteiger partial charge in [0.15, 0.2) is 0 Å². The largest absolute Gasteiger partial charge is 0.430 e. The maximum atomic E-state index is 14.5. The predicted molar refractivity (Wildman–Crippen MR) is 115 cm³/mol. The zero-order valence-corrected chi connectivity index (χ0v) is 18.7. The van der Waals surface area contributed by atoms with Crippen molar-refractivity contribution in [3.05, 3.63) is 89.2 Å². The number of anilines is 1. The number of rotatable bonds is 6. The minimum absolute atomic E-state index is 0.0332. The molecule has 12 heteroatoms. The normalized spacial score (nSPS) is 13.1. The number of hydrogen-bond acceptors (Lipinski definition) is 3. The molecule has 0 saturated carbocycles. The molecule has 0 atom stereocenters. The standard InChI is InChI=1S/C23H18F7NO3S/c1-14-2-4-15(5-3-14)13-35(33,34)31-18-9-6-16(7-10-18)19-11-8-17(12-20(19)24)21(32,22(25,26)27)23(28,29)30/h2-12,31-32H,13H2,1H3. The molecule has 35 heavy (non-hydrogen) atoms. The number of aliphatic hydroxyl groups is 1. The maximum Gasteiger partial charge on any atom is 0.430 e. The highest BCUT2D eigenvalue weighted by molar-refractivity contribution is 7.91. The molecule has 3 rings (SSSR count). The molecule has 0 saturated heterocycles. The molecule has 0 bridgehead atoms. The van der Waals surface area contributed by atoms with Crippen molar-refractivity contribution in [3.63, 3.8) is 0 Å². The number of halogens is 7. The van der Waals surface area contributed by atoms with Crippen LogP contribution in [0.25, 0.3) is 11.1 Å². The van der Waals surface area contributed by atoms with E-state index in [9.17, 15) is 44.3 Å². The number of aryl methyl sites for hydroxylation is 1. The van der Waals surface area contributed by atoms with E-state index in [1.165, 1.54) is 24.3 Å². The first-order valence-corrected chi connectivity index (χ1v) is 11.5. The monoisotopic (exact) mass is 521 g/mol. The molecule has 0 aliphatic heterocycles. The van der Waals surface area contributed by atoms with Crippen LogP contribution in [-0.2, 0) is 21.4 Å². The van der Waals surface area contributed by atoms with E-state index in [4.69, 9.17) is 0 Å². The van der Waals surface area contributed by atoms with Crippen molar-refractivity contribution in [1.29, 1.82) is 0 Å². The number of benzene rings is 3. The molecule has 0 aromatic heterocycles. The van der Waals surface area contributed by atoms with Crippen molar-refractivity contribution in [2.45, 2.75) is 30.6 Å². The van der Waals surface area contributed by atoms with E-state index in [0.717, 1.165) is 5.56 Å². The molecule has 0 radical (unpaired) electrons. The summed E-state index contributed by atoms with van der Waals surface area (Å²) in [6.07, 6.45) is -12.3. The second-order valence-corrected chi connectivity index (χ2v) is 9.55. The SMILES string of the molecule is Cc1ccc(CS(=O)(=O)Nc2ccc(-c3ccc(C(O)(C(F)(F)F)C(F)(F)F)cc3F)cc2)cc1. The average molecular weight is 521 g/mol. The minimum Gasteiger partial charge on any atom is -0.369 e. The molecule has 0 spiro atoms. The summed E-state index contributed by atoms with van der Waals surface area (Å²) in [4.78, 5) is 0. The van der Waals surface area contributed by atoms with Gasteiger partial charge in [0.05, 0.1) is 5.75 Å². The smallest absolute Gasteiger partial charge is 0.369 e. The molecule has 2 N–H and O–H groups in total. The van der Waals surface area contributed by atoms with E-state index < -0.39 is 39.4 Å². The molecule has 0 unspecified atom stereocenters. The van der Waals surface area contributed by atoms with Gasteiger partial charge in [0.25, 0.3) is 5.60 Å². The number of sulfonamides is 1. The second-order valence-electron chi connectivity index (χ2n) is 7.82. The summed E-state index contributed by atoms with van der Waals surface area (Å²) in [5.74, 6) is -1.76. The van der Waals surface area contributed by atoms with Gasteiger partial charge in [0.2, 0.25) is 10.0 Å². The van der Waals surface area contributed by atoms with Crippen LogP contribution in [0.2, 0.25) is 0 Å². The number of nitrogens with one attached hydrogen (secondary N) is 1. The van der Waals surface area contributed by atoms with Crippen LogP contribution in [0.5, 0.6) is 0 Å². The lowest BCUT2D eigenvalue weighted by molar-refractivity contribution is -0.376. The molecule has 0 heterocycles. The van der Waals surface area contributed by atoms with Gasteiger partial charge in [0, 0.05) is 16.8 Å². The minimum atomic E-state index is -6.14. The predicted octanol–water partition coefficient (Wildman–Crippen LogP) is 6.06. The van der Waals surface area contributed by atoms with Crippen molar-refractivity contribution in [2.75, 3.05) is 4.72 Å². The van der Waals surface area contributed by atoms with Crippen molar-refractivity contribution < 1.29 is 44.3 Å². The van der Waals surface area contributed by atoms with Crippen molar-refractivity contribution >= 4 is 15.7 Å². The molecule has 0 fully saturated rings. The molecule has 4 nitrogen and oxygen atoms in total. The topological polar surface area (TPSA) is 66.4 Å². The van der Waals surface area contributed by atoms with Gasteiger partial charge in [0.1, 0.15) is 5.82 Å². The zero-order valence-electron chi connectivity index (χ0n) is 17.9.